The summed E-state index contributed by atoms with van der Waals surface area (Å²) in [5, 5.41) is 10.1. The van der Waals surface area contributed by atoms with Gasteiger partial charge in [0, 0.05) is 35.7 Å². The summed E-state index contributed by atoms with van der Waals surface area (Å²) in [4.78, 5) is 35.3. The molecule has 1 aliphatic carbocycles. The molecule has 1 amide bonds. The number of pyridine rings is 1. The highest BCUT2D eigenvalue weighted by Gasteiger charge is 2.61. The highest BCUT2D eigenvalue weighted by atomic mass is 35.5. The number of hydrogen-bond donors (Lipinski definition) is 2. The van der Waals surface area contributed by atoms with Crippen molar-refractivity contribution in [3.63, 3.8) is 0 Å². The van der Waals surface area contributed by atoms with E-state index < -0.39 is 17.6 Å². The molecule has 11 heteroatoms. The number of rotatable bonds is 10. The van der Waals surface area contributed by atoms with Crippen LogP contribution in [0.15, 0.2) is 36.2 Å². The van der Waals surface area contributed by atoms with E-state index in [9.17, 15) is 9.59 Å². The molecule has 0 bridgehead atoms. The van der Waals surface area contributed by atoms with Crippen molar-refractivity contribution in [1.82, 2.24) is 20.6 Å². The van der Waals surface area contributed by atoms with Gasteiger partial charge in [-0.3, -0.25) is 4.79 Å². The summed E-state index contributed by atoms with van der Waals surface area (Å²) in [5.41, 5.74) is 1.15. The molecule has 2 aliphatic rings. The molecule has 4 unspecified atom stereocenters. The summed E-state index contributed by atoms with van der Waals surface area (Å²) >= 11 is 8.20. The van der Waals surface area contributed by atoms with E-state index in [1.807, 2.05) is 17.5 Å². The lowest BCUT2D eigenvalue weighted by Crippen LogP contribution is -2.51. The second-order valence-electron chi connectivity index (χ2n) is 10.4. The molecule has 0 spiro atoms. The molecular formula is C29H33ClN4O5S. The number of esters is 1. The second-order valence-corrected chi connectivity index (χ2v) is 11.6. The van der Waals surface area contributed by atoms with Crippen molar-refractivity contribution in [3.8, 4) is 22.2 Å². The van der Waals surface area contributed by atoms with Gasteiger partial charge in [-0.2, -0.15) is 0 Å². The van der Waals surface area contributed by atoms with Gasteiger partial charge < -0.3 is 24.8 Å². The van der Waals surface area contributed by atoms with Gasteiger partial charge in [-0.25, -0.2) is 14.8 Å². The van der Waals surface area contributed by atoms with E-state index in [1.54, 1.807) is 26.2 Å². The summed E-state index contributed by atoms with van der Waals surface area (Å²) in [5.74, 6) is 0.563. The van der Waals surface area contributed by atoms with Gasteiger partial charge in [0.05, 0.1) is 31.0 Å². The zero-order chi connectivity index (χ0) is 28.6. The predicted octanol–water partition coefficient (Wildman–Crippen LogP) is 4.88. The first-order chi connectivity index (χ1) is 19.2. The van der Waals surface area contributed by atoms with Gasteiger partial charge in [-0.15, -0.1) is 17.9 Å². The number of halogens is 1. The Morgan fingerprint density at radius 3 is 2.77 bits per heavy atom. The van der Waals surface area contributed by atoms with Crippen LogP contribution in [0.25, 0.3) is 21.6 Å². The molecular weight excluding hydrogens is 552 g/mol. The Kier molecular flexibility index (Phi) is 8.03. The maximum Gasteiger partial charge on any atom is 0.332 e. The van der Waals surface area contributed by atoms with Gasteiger partial charge in [-0.1, -0.05) is 31.5 Å². The Labute approximate surface area is 242 Å². The van der Waals surface area contributed by atoms with Crippen LogP contribution >= 0.6 is 22.9 Å². The Morgan fingerprint density at radius 2 is 2.12 bits per heavy atom. The van der Waals surface area contributed by atoms with Gasteiger partial charge >= 0.3 is 5.97 Å². The first kappa shape index (κ1) is 28.3. The van der Waals surface area contributed by atoms with Crippen LogP contribution in [-0.2, 0) is 14.3 Å². The molecule has 40 heavy (non-hydrogen) atoms. The molecule has 2 aromatic heterocycles. The molecule has 9 nitrogen and oxygen atoms in total. The molecule has 3 heterocycles. The van der Waals surface area contributed by atoms with E-state index in [1.165, 1.54) is 11.3 Å². The average Bonchev–Trinajstić information content (AvgIpc) is 3.25. The molecule has 0 radical (unpaired) electrons. The minimum atomic E-state index is -1.04. The summed E-state index contributed by atoms with van der Waals surface area (Å²) in [6.45, 7) is 10.4. The lowest BCUT2D eigenvalue weighted by atomic mass is 10.1. The highest BCUT2D eigenvalue weighted by molar-refractivity contribution is 7.13. The third-order valence-corrected chi connectivity index (χ3v) is 8.63. The van der Waals surface area contributed by atoms with Crippen LogP contribution in [0.4, 0.5) is 0 Å². The number of carbonyl (C=O) groups is 2. The zero-order valence-electron chi connectivity index (χ0n) is 23.0. The average molecular weight is 585 g/mol. The third-order valence-electron chi connectivity index (χ3n) is 7.38. The van der Waals surface area contributed by atoms with E-state index in [-0.39, 0.29) is 30.5 Å². The van der Waals surface area contributed by atoms with Gasteiger partial charge in [0.2, 0.25) is 5.91 Å². The summed E-state index contributed by atoms with van der Waals surface area (Å²) in [6, 6.07) is 5.00. The van der Waals surface area contributed by atoms with Gasteiger partial charge in [0.25, 0.3) is 0 Å². The van der Waals surface area contributed by atoms with Crippen molar-refractivity contribution in [2.24, 2.45) is 5.92 Å². The number of nitrogens with zero attached hydrogens (tertiary/aromatic N) is 2. The Morgan fingerprint density at radius 1 is 1.32 bits per heavy atom. The number of hydrogen-bond acceptors (Lipinski definition) is 9. The van der Waals surface area contributed by atoms with Crippen LogP contribution in [0.2, 0.25) is 5.02 Å². The summed E-state index contributed by atoms with van der Waals surface area (Å²) in [7, 11) is 1.56. The Balaban J connectivity index is 1.38. The quantitative estimate of drug-likeness (QED) is 0.256. The third kappa shape index (κ3) is 5.27. The molecule has 1 saturated carbocycles. The van der Waals surface area contributed by atoms with E-state index in [0.717, 1.165) is 16.1 Å². The number of thiazole rings is 1. The monoisotopic (exact) mass is 584 g/mol. The van der Waals surface area contributed by atoms with E-state index in [4.69, 9.17) is 35.8 Å². The molecule has 2 fully saturated rings. The maximum absolute atomic E-state index is 13.2. The van der Waals surface area contributed by atoms with Gasteiger partial charge in [-0.05, 0) is 31.4 Å². The predicted molar refractivity (Wildman–Crippen MR) is 155 cm³/mol. The maximum atomic E-state index is 13.2. The standard InChI is InChI=1S/C29H33ClN4O5S/c1-6-16-12-29(16,28(36)38-7-2)34-26(35)19-10-17(13-31-19)39-23-11-20(27-33-21(14-40-27)15(3)4)32-25-18(23)8-9-22(37-5)24(25)30/h6,8-9,11,14-17,19,31H,1,7,10,12-13H2,2-5H3,(H,34,35). The van der Waals surface area contributed by atoms with Crippen LogP contribution in [-0.4, -0.2) is 59.8 Å². The van der Waals surface area contributed by atoms with Crippen LogP contribution in [0, 0.1) is 5.92 Å². The van der Waals surface area contributed by atoms with Crippen LogP contribution in [0.1, 0.15) is 45.2 Å². The van der Waals surface area contributed by atoms with Crippen molar-refractivity contribution in [1.29, 1.82) is 0 Å². The minimum absolute atomic E-state index is 0.144. The van der Waals surface area contributed by atoms with E-state index >= 15 is 0 Å². The number of carbonyl (C=O) groups excluding carboxylic acids is 2. The van der Waals surface area contributed by atoms with Crippen LogP contribution < -0.4 is 20.1 Å². The molecule has 4 atom stereocenters. The first-order valence-corrected chi connectivity index (χ1v) is 14.6. The SMILES string of the molecule is C=CC1CC1(NC(=O)C1CC(Oc2cc(-c3nc(C(C)C)cs3)nc3c(Cl)c(OC)ccc23)CN1)C(=O)OCC. The van der Waals surface area contributed by atoms with Crippen LogP contribution in [0.5, 0.6) is 11.5 Å². The fourth-order valence-electron chi connectivity index (χ4n) is 4.98. The van der Waals surface area contributed by atoms with Crippen molar-refractivity contribution < 1.29 is 23.8 Å². The minimum Gasteiger partial charge on any atom is -0.495 e. The van der Waals surface area contributed by atoms with Crippen molar-refractivity contribution in [2.75, 3.05) is 20.3 Å². The second kappa shape index (κ2) is 11.3. The fourth-order valence-corrected chi connectivity index (χ4v) is 6.21. The normalized spacial score (nSPS) is 23.7. The molecule has 212 valence electrons. The van der Waals surface area contributed by atoms with Gasteiger partial charge in [0.1, 0.15) is 38.9 Å². The number of methoxy groups -OCH3 is 1. The number of amides is 1. The Bertz CT molecular complexity index is 1460. The van der Waals surface area contributed by atoms with Crippen molar-refractivity contribution >= 4 is 45.7 Å². The summed E-state index contributed by atoms with van der Waals surface area (Å²) < 4.78 is 17.1. The smallest absolute Gasteiger partial charge is 0.332 e. The topological polar surface area (TPSA) is 112 Å². The molecule has 1 aliphatic heterocycles. The number of fused-ring (bicyclic) bond motifs is 1. The number of aromatic nitrogens is 2. The van der Waals surface area contributed by atoms with E-state index in [0.29, 0.717) is 47.1 Å². The Hall–Kier alpha value is -3.21. The fraction of sp³-hybridized carbons (Fsp3) is 0.448. The molecule has 1 aromatic carbocycles. The van der Waals surface area contributed by atoms with Crippen molar-refractivity contribution in [2.45, 2.75) is 57.2 Å². The lowest BCUT2D eigenvalue weighted by molar-refractivity contribution is -0.149. The first-order valence-electron chi connectivity index (χ1n) is 13.4. The van der Waals surface area contributed by atoms with Crippen molar-refractivity contribution in [3.05, 3.63) is 47.0 Å². The molecule has 3 aromatic rings. The number of ether oxygens (including phenoxy) is 3. The number of benzene rings is 1. The lowest BCUT2D eigenvalue weighted by Gasteiger charge is -2.20. The van der Waals surface area contributed by atoms with Crippen LogP contribution in [0.3, 0.4) is 0 Å². The highest BCUT2D eigenvalue weighted by Crippen LogP contribution is 2.45. The van der Waals surface area contributed by atoms with Gasteiger partial charge in [0.15, 0.2) is 0 Å². The molecule has 1 saturated heterocycles. The number of nitrogens with one attached hydrogen (secondary N) is 2. The zero-order valence-corrected chi connectivity index (χ0v) is 24.5. The largest absolute Gasteiger partial charge is 0.495 e. The summed E-state index contributed by atoms with van der Waals surface area (Å²) in [6.07, 6.45) is 2.29. The molecule has 2 N–H and O–H groups in total. The molecule has 5 rings (SSSR count). The van der Waals surface area contributed by atoms with E-state index in [2.05, 4.69) is 31.1 Å².